The van der Waals surface area contributed by atoms with Crippen LogP contribution in [0, 0.1) is 0 Å². The molecule has 2 atom stereocenters. The second kappa shape index (κ2) is 4.75. The molecule has 0 saturated carbocycles. The van der Waals surface area contributed by atoms with Gasteiger partial charge in [0.1, 0.15) is 5.60 Å². The molecule has 0 heterocycles. The van der Waals surface area contributed by atoms with Crippen molar-refractivity contribution in [2.75, 3.05) is 0 Å². The van der Waals surface area contributed by atoms with E-state index in [1.807, 2.05) is 0 Å². The minimum atomic E-state index is -1.09. The summed E-state index contributed by atoms with van der Waals surface area (Å²) in [5, 5.41) is 20.7. The molecule has 0 radical (unpaired) electrons. The Balaban J connectivity index is 2.51. The van der Waals surface area contributed by atoms with Crippen LogP contribution in [0.15, 0.2) is 11.6 Å². The Morgan fingerprint density at radius 1 is 1.47 bits per heavy atom. The monoisotopic (exact) mass is 243 g/mol. The zero-order valence-corrected chi connectivity index (χ0v) is 10.1. The first-order chi connectivity index (χ1) is 7.69. The van der Waals surface area contributed by atoms with Gasteiger partial charge in [-0.2, -0.15) is 0 Å². The van der Waals surface area contributed by atoms with E-state index in [9.17, 15) is 14.7 Å². The molecule has 0 fully saturated rings. The number of carbonyl (C=O) groups is 2. The Kier molecular flexibility index (Phi) is 3.77. The van der Waals surface area contributed by atoms with Crippen LogP contribution in [0.25, 0.3) is 0 Å². The number of alkyl carbamates (subject to hydrolysis) is 1. The molecule has 96 valence electrons. The van der Waals surface area contributed by atoms with Gasteiger partial charge >= 0.3 is 12.1 Å². The van der Waals surface area contributed by atoms with Gasteiger partial charge in [0, 0.05) is 12.0 Å². The van der Waals surface area contributed by atoms with Crippen LogP contribution >= 0.6 is 0 Å². The van der Waals surface area contributed by atoms with Crippen molar-refractivity contribution < 1.29 is 24.5 Å². The fraction of sp³-hybridized carbons (Fsp3) is 0.636. The second-order valence-electron chi connectivity index (χ2n) is 4.94. The molecular formula is C11H17NO5. The van der Waals surface area contributed by atoms with Crippen molar-refractivity contribution in [3.05, 3.63) is 11.6 Å². The molecule has 1 amide bonds. The first-order valence-corrected chi connectivity index (χ1v) is 5.30. The van der Waals surface area contributed by atoms with E-state index in [1.165, 1.54) is 6.08 Å². The van der Waals surface area contributed by atoms with Gasteiger partial charge in [0.05, 0.1) is 12.1 Å². The zero-order valence-electron chi connectivity index (χ0n) is 10.1. The fourth-order valence-electron chi connectivity index (χ4n) is 1.50. The minimum absolute atomic E-state index is 0.0930. The summed E-state index contributed by atoms with van der Waals surface area (Å²) in [6, 6.07) is -0.643. The van der Waals surface area contributed by atoms with E-state index in [-0.39, 0.29) is 12.0 Å². The number of carboxylic acid groups (broad SMARTS) is 1. The molecule has 0 aliphatic heterocycles. The molecule has 0 aromatic carbocycles. The molecule has 0 aromatic rings. The summed E-state index contributed by atoms with van der Waals surface area (Å²) >= 11 is 0. The number of amides is 1. The number of rotatable bonds is 2. The van der Waals surface area contributed by atoms with E-state index in [2.05, 4.69) is 5.32 Å². The summed E-state index contributed by atoms with van der Waals surface area (Å²) in [6.45, 7) is 5.16. The van der Waals surface area contributed by atoms with Crippen LogP contribution in [0.5, 0.6) is 0 Å². The number of hydrogen-bond donors (Lipinski definition) is 3. The number of aliphatic hydroxyl groups is 1. The van der Waals surface area contributed by atoms with Crippen LogP contribution in [0.3, 0.4) is 0 Å². The van der Waals surface area contributed by atoms with Gasteiger partial charge in [-0.25, -0.2) is 9.59 Å². The van der Waals surface area contributed by atoms with Crippen LogP contribution < -0.4 is 5.32 Å². The van der Waals surface area contributed by atoms with Crippen molar-refractivity contribution in [1.29, 1.82) is 0 Å². The number of ether oxygens (including phenoxy) is 1. The van der Waals surface area contributed by atoms with Gasteiger partial charge in [-0.05, 0) is 26.8 Å². The Hall–Kier alpha value is -1.56. The molecule has 0 bridgehead atoms. The van der Waals surface area contributed by atoms with Crippen molar-refractivity contribution in [2.45, 2.75) is 44.9 Å². The molecule has 6 heteroatoms. The van der Waals surface area contributed by atoms with Gasteiger partial charge in [-0.3, -0.25) is 0 Å². The highest BCUT2D eigenvalue weighted by Crippen LogP contribution is 2.20. The SMILES string of the molecule is CC(C)(C)OC(=O)N[C@@H]1CC(C(=O)O)=C[C@@H]1O. The molecule has 3 N–H and O–H groups in total. The van der Waals surface area contributed by atoms with Gasteiger partial charge in [-0.15, -0.1) is 0 Å². The highest BCUT2D eigenvalue weighted by Gasteiger charge is 2.31. The Morgan fingerprint density at radius 3 is 2.47 bits per heavy atom. The Labute approximate surface area is 99.3 Å². The molecule has 1 rings (SSSR count). The van der Waals surface area contributed by atoms with E-state index >= 15 is 0 Å². The lowest BCUT2D eigenvalue weighted by molar-refractivity contribution is -0.132. The number of aliphatic hydroxyl groups excluding tert-OH is 1. The minimum Gasteiger partial charge on any atom is -0.478 e. The molecule has 0 unspecified atom stereocenters. The first-order valence-electron chi connectivity index (χ1n) is 5.30. The third-order valence-electron chi connectivity index (χ3n) is 2.20. The largest absolute Gasteiger partial charge is 0.478 e. The number of aliphatic carboxylic acids is 1. The highest BCUT2D eigenvalue weighted by atomic mass is 16.6. The molecule has 0 saturated heterocycles. The molecule has 1 aliphatic rings. The second-order valence-corrected chi connectivity index (χ2v) is 4.94. The molecular weight excluding hydrogens is 226 g/mol. The zero-order chi connectivity index (χ0) is 13.2. The van der Waals surface area contributed by atoms with Gasteiger partial charge in [0.25, 0.3) is 0 Å². The maximum atomic E-state index is 11.4. The van der Waals surface area contributed by atoms with Crippen LogP contribution in [-0.4, -0.2) is 40.0 Å². The molecule has 6 nitrogen and oxygen atoms in total. The lowest BCUT2D eigenvalue weighted by Gasteiger charge is -2.22. The number of nitrogens with one attached hydrogen (secondary N) is 1. The van der Waals surface area contributed by atoms with Gasteiger partial charge in [-0.1, -0.05) is 0 Å². The third kappa shape index (κ3) is 4.07. The highest BCUT2D eigenvalue weighted by molar-refractivity contribution is 5.87. The number of hydrogen-bond acceptors (Lipinski definition) is 4. The maximum Gasteiger partial charge on any atom is 0.407 e. The maximum absolute atomic E-state index is 11.4. The lowest BCUT2D eigenvalue weighted by Crippen LogP contribution is -2.43. The average Bonchev–Trinajstić information content (AvgIpc) is 2.44. The quantitative estimate of drug-likeness (QED) is 0.662. The summed E-state index contributed by atoms with van der Waals surface area (Å²) in [5.41, 5.74) is -0.532. The predicted molar refractivity (Wildman–Crippen MR) is 59.5 cm³/mol. The van der Waals surface area contributed by atoms with E-state index in [0.29, 0.717) is 0 Å². The van der Waals surface area contributed by atoms with E-state index < -0.39 is 29.8 Å². The van der Waals surface area contributed by atoms with E-state index in [0.717, 1.165) is 0 Å². The summed E-state index contributed by atoms with van der Waals surface area (Å²) in [5.74, 6) is -1.09. The van der Waals surface area contributed by atoms with Crippen molar-refractivity contribution in [3.63, 3.8) is 0 Å². The van der Waals surface area contributed by atoms with Gasteiger partial charge in [0.15, 0.2) is 0 Å². The molecule has 17 heavy (non-hydrogen) atoms. The van der Waals surface area contributed by atoms with Crippen LogP contribution in [-0.2, 0) is 9.53 Å². The average molecular weight is 243 g/mol. The standard InChI is InChI=1S/C11H17NO5/c1-11(2,3)17-10(16)12-7-4-6(9(14)15)5-8(7)13/h5,7-8,13H,4H2,1-3H3,(H,12,16)(H,14,15)/t7-,8+/m1/s1. The number of carboxylic acids is 1. The smallest absolute Gasteiger partial charge is 0.407 e. The fourth-order valence-corrected chi connectivity index (χ4v) is 1.50. The summed E-state index contributed by atoms with van der Waals surface area (Å²) < 4.78 is 5.01. The normalized spacial score (nSPS) is 24.1. The Morgan fingerprint density at radius 2 is 2.06 bits per heavy atom. The van der Waals surface area contributed by atoms with Crippen LogP contribution in [0.1, 0.15) is 27.2 Å². The summed E-state index contributed by atoms with van der Waals surface area (Å²) in [4.78, 5) is 22.1. The van der Waals surface area contributed by atoms with Crippen molar-refractivity contribution >= 4 is 12.1 Å². The van der Waals surface area contributed by atoms with Crippen LogP contribution in [0.2, 0.25) is 0 Å². The topological polar surface area (TPSA) is 95.9 Å². The summed E-state index contributed by atoms with van der Waals surface area (Å²) in [6.07, 6.45) is -0.338. The van der Waals surface area contributed by atoms with Crippen molar-refractivity contribution in [2.24, 2.45) is 0 Å². The third-order valence-corrected chi connectivity index (χ3v) is 2.20. The molecule has 1 aliphatic carbocycles. The molecule has 0 aromatic heterocycles. The van der Waals surface area contributed by atoms with Gasteiger partial charge in [0.2, 0.25) is 0 Å². The van der Waals surface area contributed by atoms with Gasteiger partial charge < -0.3 is 20.3 Å². The first kappa shape index (κ1) is 13.5. The van der Waals surface area contributed by atoms with E-state index in [1.54, 1.807) is 20.8 Å². The Bertz CT molecular complexity index is 355. The number of carbonyl (C=O) groups excluding carboxylic acids is 1. The van der Waals surface area contributed by atoms with Crippen molar-refractivity contribution in [1.82, 2.24) is 5.32 Å². The summed E-state index contributed by atoms with van der Waals surface area (Å²) in [7, 11) is 0. The molecule has 0 spiro atoms. The van der Waals surface area contributed by atoms with Crippen LogP contribution in [0.4, 0.5) is 4.79 Å². The van der Waals surface area contributed by atoms with E-state index in [4.69, 9.17) is 9.84 Å². The lowest BCUT2D eigenvalue weighted by atomic mass is 10.1. The van der Waals surface area contributed by atoms with Crippen molar-refractivity contribution in [3.8, 4) is 0 Å². The predicted octanol–water partition coefficient (Wildman–Crippen LogP) is 0.655.